The molecule has 0 aliphatic carbocycles. The number of nitrogens with zero attached hydrogens (tertiary/aromatic N) is 5. The van der Waals surface area contributed by atoms with Crippen LogP contribution in [0.3, 0.4) is 0 Å². The molecule has 2 aliphatic heterocycles. The molecule has 0 amide bonds. The summed E-state index contributed by atoms with van der Waals surface area (Å²) in [6, 6.07) is 17.1. The summed E-state index contributed by atoms with van der Waals surface area (Å²) in [6.45, 7) is 5.43. The number of ether oxygens (including phenoxy) is 1. The standard InChI is InChI=1S/C26H33N7O/c1-31(2)22-10-12-33(18-22)25-8-3-19(17-23(25)27)24-9-11-28-26(30-24)29-20-4-6-21(7-5-20)32-13-15-34-16-14-32/h3-9,11,17,22H,10,12-16,18,27H2,1-2H3,(H,28,29,30). The van der Waals surface area contributed by atoms with Gasteiger partial charge in [0, 0.05) is 55.4 Å². The molecule has 1 atom stereocenters. The van der Waals surface area contributed by atoms with Gasteiger partial charge >= 0.3 is 0 Å². The molecular weight excluding hydrogens is 426 g/mol. The van der Waals surface area contributed by atoms with Gasteiger partial charge in [0.25, 0.3) is 0 Å². The van der Waals surface area contributed by atoms with Crippen molar-refractivity contribution in [2.75, 3.05) is 74.3 Å². The lowest BCUT2D eigenvalue weighted by molar-refractivity contribution is 0.122. The molecule has 0 bridgehead atoms. The first-order chi connectivity index (χ1) is 16.6. The van der Waals surface area contributed by atoms with E-state index in [-0.39, 0.29) is 0 Å². The van der Waals surface area contributed by atoms with Gasteiger partial charge in [0.1, 0.15) is 0 Å². The van der Waals surface area contributed by atoms with Crippen LogP contribution in [0.5, 0.6) is 0 Å². The molecule has 5 rings (SSSR count). The lowest BCUT2D eigenvalue weighted by Crippen LogP contribution is -2.36. The molecule has 0 radical (unpaired) electrons. The fraction of sp³-hybridized carbons (Fsp3) is 0.385. The molecule has 1 unspecified atom stereocenters. The Hall–Kier alpha value is -3.36. The van der Waals surface area contributed by atoms with Crippen molar-refractivity contribution in [2.45, 2.75) is 12.5 Å². The van der Waals surface area contributed by atoms with Crippen LogP contribution in [0.4, 0.5) is 28.7 Å². The molecule has 3 aromatic rings. The van der Waals surface area contributed by atoms with Crippen molar-refractivity contribution in [2.24, 2.45) is 0 Å². The molecule has 0 saturated carbocycles. The number of hydrogen-bond acceptors (Lipinski definition) is 8. The Labute approximate surface area is 201 Å². The second kappa shape index (κ2) is 9.87. The van der Waals surface area contributed by atoms with Crippen LogP contribution < -0.4 is 20.9 Å². The van der Waals surface area contributed by atoms with E-state index in [1.165, 1.54) is 5.69 Å². The van der Waals surface area contributed by atoms with Crippen molar-refractivity contribution in [1.29, 1.82) is 0 Å². The summed E-state index contributed by atoms with van der Waals surface area (Å²) in [4.78, 5) is 16.1. The van der Waals surface area contributed by atoms with Crippen LogP contribution in [-0.4, -0.2) is 74.4 Å². The number of aromatic nitrogens is 2. The summed E-state index contributed by atoms with van der Waals surface area (Å²) in [5.74, 6) is 0.563. The highest BCUT2D eigenvalue weighted by Crippen LogP contribution is 2.32. The largest absolute Gasteiger partial charge is 0.397 e. The van der Waals surface area contributed by atoms with Gasteiger partial charge in [-0.2, -0.15) is 0 Å². The van der Waals surface area contributed by atoms with Gasteiger partial charge < -0.3 is 30.5 Å². The summed E-state index contributed by atoms with van der Waals surface area (Å²) >= 11 is 0. The van der Waals surface area contributed by atoms with Crippen molar-refractivity contribution < 1.29 is 4.74 Å². The van der Waals surface area contributed by atoms with E-state index in [0.29, 0.717) is 12.0 Å². The third kappa shape index (κ3) is 4.93. The molecule has 178 valence electrons. The molecule has 8 heteroatoms. The summed E-state index contributed by atoms with van der Waals surface area (Å²) in [5.41, 5.74) is 12.3. The minimum Gasteiger partial charge on any atom is -0.397 e. The van der Waals surface area contributed by atoms with E-state index in [1.54, 1.807) is 6.20 Å². The van der Waals surface area contributed by atoms with Crippen molar-refractivity contribution in [3.63, 3.8) is 0 Å². The predicted octanol–water partition coefficient (Wildman–Crippen LogP) is 3.45. The maximum Gasteiger partial charge on any atom is 0.227 e. The van der Waals surface area contributed by atoms with Crippen molar-refractivity contribution in [3.05, 3.63) is 54.7 Å². The SMILES string of the molecule is CN(C)C1CCN(c2ccc(-c3ccnc(Nc4ccc(N5CCOCC5)cc4)n3)cc2N)C1. The molecule has 2 aliphatic rings. The monoisotopic (exact) mass is 459 g/mol. The molecule has 3 N–H and O–H groups in total. The molecule has 34 heavy (non-hydrogen) atoms. The number of nitrogens with one attached hydrogen (secondary N) is 1. The lowest BCUT2D eigenvalue weighted by atomic mass is 10.1. The van der Waals surface area contributed by atoms with Gasteiger partial charge in [-0.15, -0.1) is 0 Å². The number of nitrogens with two attached hydrogens (primary N) is 1. The van der Waals surface area contributed by atoms with Crippen LogP contribution in [-0.2, 0) is 4.74 Å². The van der Waals surface area contributed by atoms with Crippen molar-refractivity contribution in [1.82, 2.24) is 14.9 Å². The number of likely N-dealkylation sites (N-methyl/N-ethyl adjacent to an activating group) is 1. The average Bonchev–Trinajstić information content (AvgIpc) is 3.36. The summed E-state index contributed by atoms with van der Waals surface area (Å²) in [6.07, 6.45) is 2.93. The highest BCUT2D eigenvalue weighted by molar-refractivity contribution is 5.76. The van der Waals surface area contributed by atoms with Gasteiger partial charge in [-0.1, -0.05) is 6.07 Å². The minimum absolute atomic E-state index is 0.563. The molecule has 0 spiro atoms. The topological polar surface area (TPSA) is 82.8 Å². The van der Waals surface area contributed by atoms with E-state index in [4.69, 9.17) is 15.5 Å². The molecule has 8 nitrogen and oxygen atoms in total. The Morgan fingerprint density at radius 3 is 2.50 bits per heavy atom. The highest BCUT2D eigenvalue weighted by Gasteiger charge is 2.25. The first kappa shape index (κ1) is 22.4. The van der Waals surface area contributed by atoms with Crippen molar-refractivity contribution in [3.8, 4) is 11.3 Å². The quantitative estimate of drug-likeness (QED) is 0.543. The Balaban J connectivity index is 1.28. The van der Waals surface area contributed by atoms with Gasteiger partial charge in [0.05, 0.1) is 30.3 Å². The lowest BCUT2D eigenvalue weighted by Gasteiger charge is -2.28. The van der Waals surface area contributed by atoms with E-state index in [9.17, 15) is 0 Å². The number of benzene rings is 2. The maximum atomic E-state index is 6.47. The Kier molecular flexibility index (Phi) is 6.51. The first-order valence-electron chi connectivity index (χ1n) is 11.9. The number of nitrogen functional groups attached to an aromatic ring is 1. The van der Waals surface area contributed by atoms with Crippen molar-refractivity contribution >= 4 is 28.7 Å². The summed E-state index contributed by atoms with van der Waals surface area (Å²) in [7, 11) is 4.28. The Morgan fingerprint density at radius 2 is 1.79 bits per heavy atom. The predicted molar refractivity (Wildman–Crippen MR) is 139 cm³/mol. The van der Waals surface area contributed by atoms with Gasteiger partial charge in [-0.3, -0.25) is 0 Å². The fourth-order valence-corrected chi connectivity index (χ4v) is 4.67. The Morgan fingerprint density at radius 1 is 1.00 bits per heavy atom. The molecular formula is C26H33N7O. The van der Waals surface area contributed by atoms with E-state index < -0.39 is 0 Å². The number of morpholine rings is 1. The van der Waals surface area contributed by atoms with Gasteiger partial charge in [-0.25, -0.2) is 9.97 Å². The fourth-order valence-electron chi connectivity index (χ4n) is 4.67. The summed E-state index contributed by atoms with van der Waals surface area (Å²) in [5, 5.41) is 3.32. The van der Waals surface area contributed by atoms with Crippen LogP contribution in [0.15, 0.2) is 54.7 Å². The van der Waals surface area contributed by atoms with E-state index in [0.717, 1.165) is 74.1 Å². The number of anilines is 5. The van der Waals surface area contributed by atoms with Gasteiger partial charge in [-0.05, 0) is 63.0 Å². The molecule has 3 heterocycles. The van der Waals surface area contributed by atoms with Crippen LogP contribution in [0.25, 0.3) is 11.3 Å². The van der Waals surface area contributed by atoms with Gasteiger partial charge in [0.2, 0.25) is 5.95 Å². The van der Waals surface area contributed by atoms with E-state index >= 15 is 0 Å². The van der Waals surface area contributed by atoms with Crippen LogP contribution >= 0.6 is 0 Å². The van der Waals surface area contributed by atoms with Crippen LogP contribution in [0.1, 0.15) is 6.42 Å². The molecule has 2 aromatic carbocycles. The molecule has 2 fully saturated rings. The van der Waals surface area contributed by atoms with Crippen LogP contribution in [0, 0.1) is 0 Å². The normalized spacial score (nSPS) is 18.5. The zero-order chi connectivity index (χ0) is 23.5. The first-order valence-corrected chi connectivity index (χ1v) is 11.9. The zero-order valence-corrected chi connectivity index (χ0v) is 19.9. The van der Waals surface area contributed by atoms with Gasteiger partial charge in [0.15, 0.2) is 0 Å². The van der Waals surface area contributed by atoms with Crippen LogP contribution in [0.2, 0.25) is 0 Å². The second-order valence-corrected chi connectivity index (χ2v) is 9.16. The highest BCUT2D eigenvalue weighted by atomic mass is 16.5. The average molecular weight is 460 g/mol. The van der Waals surface area contributed by atoms with E-state index in [2.05, 4.69) is 75.5 Å². The zero-order valence-electron chi connectivity index (χ0n) is 19.9. The Bertz CT molecular complexity index is 1110. The smallest absolute Gasteiger partial charge is 0.227 e. The third-order valence-corrected chi connectivity index (χ3v) is 6.71. The maximum absolute atomic E-state index is 6.47. The van der Waals surface area contributed by atoms with E-state index in [1.807, 2.05) is 12.1 Å². The summed E-state index contributed by atoms with van der Waals surface area (Å²) < 4.78 is 5.44. The number of rotatable bonds is 6. The number of hydrogen-bond donors (Lipinski definition) is 2. The third-order valence-electron chi connectivity index (χ3n) is 6.71. The second-order valence-electron chi connectivity index (χ2n) is 9.16. The molecule has 2 saturated heterocycles. The minimum atomic E-state index is 0.563. The molecule has 1 aromatic heterocycles.